The Morgan fingerprint density at radius 3 is 3.10 bits per heavy atom. The van der Waals surface area contributed by atoms with Crippen LogP contribution in [0.2, 0.25) is 0 Å². The van der Waals surface area contributed by atoms with Crippen LogP contribution in [0.3, 0.4) is 0 Å². The number of nitrogen functional groups attached to an aromatic ring is 1. The Bertz CT molecular complexity index is 691. The molecule has 3 rings (SSSR count). The van der Waals surface area contributed by atoms with Gasteiger partial charge in [0.15, 0.2) is 0 Å². The molecule has 1 aromatic heterocycles. The smallest absolute Gasteiger partial charge is 0.150 e. The fourth-order valence-corrected chi connectivity index (χ4v) is 3.95. The molecule has 0 saturated carbocycles. The summed E-state index contributed by atoms with van der Waals surface area (Å²) >= 11 is 3.48. The predicted octanol–water partition coefficient (Wildman–Crippen LogP) is 2.67. The van der Waals surface area contributed by atoms with Crippen LogP contribution in [0.5, 0.6) is 5.75 Å². The monoisotopic (exact) mass is 352 g/mol. The number of halogens is 1. The minimum atomic E-state index is -1.28. The van der Waals surface area contributed by atoms with Gasteiger partial charge in [0.25, 0.3) is 0 Å². The number of nitrogens with zero attached hydrogens (tertiary/aromatic N) is 1. The van der Waals surface area contributed by atoms with E-state index in [-0.39, 0.29) is 0 Å². The van der Waals surface area contributed by atoms with Gasteiger partial charge < -0.3 is 10.5 Å². The van der Waals surface area contributed by atoms with E-state index in [9.17, 15) is 4.21 Å². The number of benzene rings is 1. The maximum absolute atomic E-state index is 12.4. The summed E-state index contributed by atoms with van der Waals surface area (Å²) in [6, 6.07) is 7.43. The second-order valence-corrected chi connectivity index (χ2v) is 6.82. The first kappa shape index (κ1) is 13.6. The van der Waals surface area contributed by atoms with E-state index in [1.807, 2.05) is 12.1 Å². The van der Waals surface area contributed by atoms with Gasteiger partial charge in [0.1, 0.15) is 10.8 Å². The van der Waals surface area contributed by atoms with E-state index < -0.39 is 10.8 Å². The van der Waals surface area contributed by atoms with E-state index in [0.29, 0.717) is 23.1 Å². The van der Waals surface area contributed by atoms with Crippen LogP contribution in [-0.2, 0) is 23.0 Å². The fraction of sp³-hybridized carbons (Fsp3) is 0.214. The first-order chi connectivity index (χ1) is 9.65. The van der Waals surface area contributed by atoms with E-state index >= 15 is 0 Å². The number of pyridine rings is 1. The van der Waals surface area contributed by atoms with Gasteiger partial charge in [-0.3, -0.25) is 4.21 Å². The molecule has 0 radical (unpaired) electrons. The number of hydrogen-bond donors (Lipinski definition) is 1. The summed E-state index contributed by atoms with van der Waals surface area (Å²) in [5.74, 6) is 1.21. The first-order valence-electron chi connectivity index (χ1n) is 6.18. The molecule has 1 aliphatic heterocycles. The van der Waals surface area contributed by atoms with Crippen molar-refractivity contribution >= 4 is 32.4 Å². The number of fused-ring (bicyclic) bond motifs is 1. The van der Waals surface area contributed by atoms with Crippen molar-refractivity contribution in [3.8, 4) is 5.75 Å². The molecule has 1 atom stereocenters. The van der Waals surface area contributed by atoms with Gasteiger partial charge in [0.2, 0.25) is 0 Å². The first-order valence-corrected chi connectivity index (χ1v) is 8.29. The molecule has 104 valence electrons. The predicted molar refractivity (Wildman–Crippen MR) is 82.1 cm³/mol. The molecule has 0 bridgehead atoms. The fourth-order valence-electron chi connectivity index (χ4n) is 2.26. The van der Waals surface area contributed by atoms with Gasteiger partial charge in [-0.15, -0.1) is 0 Å². The van der Waals surface area contributed by atoms with Crippen LogP contribution in [0.25, 0.3) is 0 Å². The van der Waals surface area contributed by atoms with Crippen LogP contribution in [0.4, 0.5) is 5.69 Å². The molecule has 0 saturated heterocycles. The maximum atomic E-state index is 12.4. The third-order valence-electron chi connectivity index (χ3n) is 3.13. The summed E-state index contributed by atoms with van der Waals surface area (Å²) < 4.78 is 19.1. The van der Waals surface area contributed by atoms with Crippen LogP contribution in [0, 0.1) is 0 Å². The Morgan fingerprint density at radius 2 is 2.30 bits per heavy atom. The summed E-state index contributed by atoms with van der Waals surface area (Å²) in [5.41, 5.74) is 8.36. The average Bonchev–Trinajstić information content (AvgIpc) is 2.87. The molecule has 2 aromatic rings. The van der Waals surface area contributed by atoms with E-state index in [4.69, 9.17) is 10.5 Å². The molecule has 1 unspecified atom stereocenters. The van der Waals surface area contributed by atoms with Gasteiger partial charge in [0, 0.05) is 22.7 Å². The Balaban J connectivity index is 1.93. The number of rotatable bonds is 3. The SMILES string of the molecule is Nc1cccnc1S(=O)Cc1cc(Br)cc2c1OCC2. The topological polar surface area (TPSA) is 65.2 Å². The van der Waals surface area contributed by atoms with Gasteiger partial charge in [-0.25, -0.2) is 4.98 Å². The van der Waals surface area contributed by atoms with Crippen LogP contribution < -0.4 is 10.5 Å². The Kier molecular flexibility index (Phi) is 3.76. The zero-order valence-corrected chi connectivity index (χ0v) is 13.0. The zero-order chi connectivity index (χ0) is 14.1. The van der Waals surface area contributed by atoms with Crippen molar-refractivity contribution in [2.45, 2.75) is 17.2 Å². The van der Waals surface area contributed by atoms with Crippen molar-refractivity contribution in [3.05, 3.63) is 46.1 Å². The van der Waals surface area contributed by atoms with Crippen LogP contribution in [0.1, 0.15) is 11.1 Å². The van der Waals surface area contributed by atoms with Crippen molar-refractivity contribution in [2.24, 2.45) is 0 Å². The quantitative estimate of drug-likeness (QED) is 0.922. The highest BCUT2D eigenvalue weighted by Crippen LogP contribution is 2.34. The van der Waals surface area contributed by atoms with E-state index in [2.05, 4.69) is 20.9 Å². The maximum Gasteiger partial charge on any atom is 0.150 e. The van der Waals surface area contributed by atoms with E-state index in [0.717, 1.165) is 27.8 Å². The van der Waals surface area contributed by atoms with E-state index in [1.165, 1.54) is 0 Å². The molecule has 20 heavy (non-hydrogen) atoms. The lowest BCUT2D eigenvalue weighted by Gasteiger charge is -2.09. The highest BCUT2D eigenvalue weighted by atomic mass is 79.9. The third-order valence-corrected chi connectivity index (χ3v) is 4.93. The number of anilines is 1. The zero-order valence-electron chi connectivity index (χ0n) is 10.6. The van der Waals surface area contributed by atoms with Crippen LogP contribution in [0.15, 0.2) is 40.0 Å². The highest BCUT2D eigenvalue weighted by molar-refractivity contribution is 9.10. The molecule has 1 aromatic carbocycles. The Hall–Kier alpha value is -1.40. The van der Waals surface area contributed by atoms with Crippen molar-refractivity contribution < 1.29 is 8.95 Å². The van der Waals surface area contributed by atoms with Crippen molar-refractivity contribution in [3.63, 3.8) is 0 Å². The molecule has 6 heteroatoms. The molecule has 1 aliphatic rings. The molecule has 2 N–H and O–H groups in total. The number of ether oxygens (including phenoxy) is 1. The summed E-state index contributed by atoms with van der Waals surface area (Å²) in [6.45, 7) is 0.678. The molecule has 4 nitrogen and oxygen atoms in total. The second-order valence-electron chi connectivity index (χ2n) is 4.54. The van der Waals surface area contributed by atoms with Gasteiger partial charge >= 0.3 is 0 Å². The van der Waals surface area contributed by atoms with E-state index in [1.54, 1.807) is 18.3 Å². The molecule has 0 fully saturated rings. The summed E-state index contributed by atoms with van der Waals surface area (Å²) in [6.07, 6.45) is 2.49. The minimum absolute atomic E-state index is 0.350. The van der Waals surface area contributed by atoms with Crippen molar-refractivity contribution in [1.82, 2.24) is 4.98 Å². The summed E-state index contributed by atoms with van der Waals surface area (Å²) in [5, 5.41) is 0.430. The summed E-state index contributed by atoms with van der Waals surface area (Å²) in [4.78, 5) is 4.11. The lowest BCUT2D eigenvalue weighted by molar-refractivity contribution is 0.354. The van der Waals surface area contributed by atoms with Gasteiger partial charge in [-0.05, 0) is 29.8 Å². The Morgan fingerprint density at radius 1 is 1.45 bits per heavy atom. The molecule has 2 heterocycles. The van der Waals surface area contributed by atoms with Crippen LogP contribution in [-0.4, -0.2) is 15.8 Å². The molecular weight excluding hydrogens is 340 g/mol. The standard InChI is InChI=1S/C14H13BrN2O2S/c15-11-6-9-3-5-19-13(9)10(7-11)8-20(18)14-12(16)2-1-4-17-14/h1-2,4,6-7H,3,5,8,16H2. The van der Waals surface area contributed by atoms with Crippen molar-refractivity contribution in [2.75, 3.05) is 12.3 Å². The molecular formula is C14H13BrN2O2S. The normalized spacial score (nSPS) is 14.7. The number of aromatic nitrogens is 1. The van der Waals surface area contributed by atoms with Gasteiger partial charge in [-0.1, -0.05) is 15.9 Å². The van der Waals surface area contributed by atoms with Gasteiger partial charge in [-0.2, -0.15) is 0 Å². The van der Waals surface area contributed by atoms with Crippen molar-refractivity contribution in [1.29, 1.82) is 0 Å². The molecule has 0 aliphatic carbocycles. The molecule has 0 spiro atoms. The lowest BCUT2D eigenvalue weighted by atomic mass is 10.1. The van der Waals surface area contributed by atoms with Gasteiger partial charge in [0.05, 0.1) is 28.8 Å². The lowest BCUT2D eigenvalue weighted by Crippen LogP contribution is -2.04. The van der Waals surface area contributed by atoms with Crippen LogP contribution >= 0.6 is 15.9 Å². The number of hydrogen-bond acceptors (Lipinski definition) is 4. The largest absolute Gasteiger partial charge is 0.493 e. The molecule has 0 amide bonds. The second kappa shape index (κ2) is 5.54. The third kappa shape index (κ3) is 2.58. The minimum Gasteiger partial charge on any atom is -0.493 e. The average molecular weight is 353 g/mol. The number of nitrogens with two attached hydrogens (primary N) is 1. The Labute approximate surface area is 127 Å². The summed E-state index contributed by atoms with van der Waals surface area (Å²) in [7, 11) is -1.28. The highest BCUT2D eigenvalue weighted by Gasteiger charge is 2.20.